The molecule has 11 atom stereocenters. The minimum atomic E-state index is -1.88. The lowest BCUT2D eigenvalue weighted by molar-refractivity contribution is -0.153. The van der Waals surface area contributed by atoms with E-state index in [-0.39, 0.29) is 45.1 Å². The Morgan fingerprint density at radius 3 is 1.61 bits per heavy atom. The van der Waals surface area contributed by atoms with E-state index in [2.05, 4.69) is 37.2 Å². The third-order valence-electron chi connectivity index (χ3n) is 11.8. The van der Waals surface area contributed by atoms with Crippen LogP contribution in [-0.2, 0) is 57.5 Å². The number of nitrogens with zero attached hydrogens (tertiary/aromatic N) is 2. The van der Waals surface area contributed by atoms with E-state index in [0.717, 1.165) is 6.92 Å². The van der Waals surface area contributed by atoms with Crippen LogP contribution in [0.5, 0.6) is 0 Å². The summed E-state index contributed by atoms with van der Waals surface area (Å²) in [5.74, 6) is -13.9. The van der Waals surface area contributed by atoms with Crippen LogP contribution in [0.25, 0.3) is 0 Å². The van der Waals surface area contributed by atoms with Crippen molar-refractivity contribution in [2.45, 2.75) is 165 Å². The van der Waals surface area contributed by atoms with Crippen LogP contribution in [-0.4, -0.2) is 181 Å². The number of nitrogens with one attached hydrogen (secondary N) is 7. The van der Waals surface area contributed by atoms with E-state index in [0.29, 0.717) is 16.2 Å². The van der Waals surface area contributed by atoms with Gasteiger partial charge in [0.15, 0.2) is 0 Å². The summed E-state index contributed by atoms with van der Waals surface area (Å²) in [6, 6.07) is -13.2. The number of aliphatic carboxylic acids is 1. The standard InChI is InChI=1S/C41H66N12O16/c1-18(2)32-39(67)49-23(16-27(44)56)40(68)52-24(9-12-29(52)58)37(65)45-17-28(57)46-21(7-11-26(43)55)34(62)48-22(8-14-31(60)61)35(63)47-20(6-4-5-15-42)36(64)51-33(19(3)54)41(69)53-25(38(66)50-32)10-13-30(53)59/h18-25,29-30,32-33,54,58-59H,4-17,42H2,1-3H3,(H2,43,55)(H2,44,56)(H,45,65)(H,46,57)(H,47,63)(H,48,62)(H,49,67)(H,50,66)(H,51,64)(H,60,61)/t19-,20+,21+,22+,23+,24+,25+,29?,30?,32+,33+/m1/s1. The van der Waals surface area contributed by atoms with E-state index in [1.807, 2.05) is 0 Å². The minimum Gasteiger partial charge on any atom is -0.481 e. The van der Waals surface area contributed by atoms with Crippen LogP contribution in [0.2, 0.25) is 0 Å². The average molecular weight is 983 g/mol. The quantitative estimate of drug-likeness (QED) is 0.0719. The van der Waals surface area contributed by atoms with Gasteiger partial charge in [0.1, 0.15) is 60.8 Å². The Bertz CT molecular complexity index is 1950. The number of carboxylic acids is 1. The van der Waals surface area contributed by atoms with Gasteiger partial charge < -0.3 is 84.6 Å². The van der Waals surface area contributed by atoms with Crippen molar-refractivity contribution in [1.29, 1.82) is 0 Å². The molecule has 3 saturated heterocycles. The van der Waals surface area contributed by atoms with Crippen molar-refractivity contribution in [3.05, 3.63) is 0 Å². The third kappa shape index (κ3) is 16.3. The van der Waals surface area contributed by atoms with Gasteiger partial charge in [0, 0.05) is 12.8 Å². The second-order valence-electron chi connectivity index (χ2n) is 17.5. The fourth-order valence-electron chi connectivity index (χ4n) is 8.06. The first kappa shape index (κ1) is 56.8. The number of carboxylic acid groups (broad SMARTS) is 1. The zero-order chi connectivity index (χ0) is 51.9. The highest BCUT2D eigenvalue weighted by molar-refractivity contribution is 6.00. The molecule has 3 aliphatic rings. The lowest BCUT2D eigenvalue weighted by atomic mass is 10.0. The number of hydrogen-bond acceptors (Lipinski definition) is 16. The molecule has 28 heteroatoms. The highest BCUT2D eigenvalue weighted by Gasteiger charge is 2.47. The molecule has 17 N–H and O–H groups in total. The molecule has 0 aromatic carbocycles. The largest absolute Gasteiger partial charge is 0.481 e. The Kier molecular flexibility index (Phi) is 21.6. The molecule has 0 radical (unpaired) electrons. The number of aliphatic hydroxyl groups is 3. The van der Waals surface area contributed by atoms with Crippen molar-refractivity contribution in [1.82, 2.24) is 47.0 Å². The van der Waals surface area contributed by atoms with Crippen LogP contribution >= 0.6 is 0 Å². The third-order valence-corrected chi connectivity index (χ3v) is 11.8. The van der Waals surface area contributed by atoms with Gasteiger partial charge in [0.05, 0.1) is 19.1 Å². The zero-order valence-corrected chi connectivity index (χ0v) is 38.6. The summed E-state index contributed by atoms with van der Waals surface area (Å²) in [6.07, 6.45) is -8.48. The van der Waals surface area contributed by atoms with Gasteiger partial charge in [-0.15, -0.1) is 0 Å². The summed E-state index contributed by atoms with van der Waals surface area (Å²) in [4.78, 5) is 162. The summed E-state index contributed by atoms with van der Waals surface area (Å²) >= 11 is 0. The number of primary amides is 2. The number of nitrogens with two attached hydrogens (primary N) is 3. The summed E-state index contributed by atoms with van der Waals surface area (Å²) in [6.45, 7) is 3.41. The molecule has 11 amide bonds. The Labute approximate surface area is 396 Å². The average Bonchev–Trinajstić information content (AvgIpc) is 3.86. The number of carbonyl (C=O) groups is 12. The Morgan fingerprint density at radius 2 is 1.09 bits per heavy atom. The topological polar surface area (TPSA) is 455 Å². The number of unbranched alkanes of at least 4 members (excludes halogenated alkanes) is 1. The number of fused-ring (bicyclic) bond motifs is 2. The molecule has 3 rings (SSSR count). The molecule has 0 saturated carbocycles. The predicted molar refractivity (Wildman–Crippen MR) is 235 cm³/mol. The van der Waals surface area contributed by atoms with E-state index in [4.69, 9.17) is 17.2 Å². The predicted octanol–water partition coefficient (Wildman–Crippen LogP) is -7.18. The first-order valence-corrected chi connectivity index (χ1v) is 22.6. The van der Waals surface area contributed by atoms with Crippen LogP contribution in [0.4, 0.5) is 0 Å². The van der Waals surface area contributed by atoms with Crippen molar-refractivity contribution in [2.75, 3.05) is 13.1 Å². The van der Waals surface area contributed by atoms with Gasteiger partial charge in [-0.05, 0) is 77.2 Å². The van der Waals surface area contributed by atoms with Gasteiger partial charge in [0.2, 0.25) is 59.1 Å². The maximum atomic E-state index is 14.2. The molecule has 0 spiro atoms. The van der Waals surface area contributed by atoms with Crippen LogP contribution < -0.4 is 54.4 Å². The first-order valence-electron chi connectivity index (χ1n) is 22.6. The number of hydrogen-bond donors (Lipinski definition) is 14. The van der Waals surface area contributed by atoms with Crippen molar-refractivity contribution >= 4 is 70.9 Å². The fraction of sp³-hybridized carbons (Fsp3) is 0.707. The van der Waals surface area contributed by atoms with E-state index in [1.54, 1.807) is 0 Å². The summed E-state index contributed by atoms with van der Waals surface area (Å²) < 4.78 is 0. The van der Waals surface area contributed by atoms with Gasteiger partial charge in [0.25, 0.3) is 5.91 Å². The number of carbonyl (C=O) groups excluding carboxylic acids is 11. The van der Waals surface area contributed by atoms with Gasteiger partial charge >= 0.3 is 5.97 Å². The Morgan fingerprint density at radius 1 is 0.594 bits per heavy atom. The molecule has 3 fully saturated rings. The maximum absolute atomic E-state index is 14.2. The molecule has 0 aliphatic carbocycles. The normalized spacial score (nSPS) is 29.0. The van der Waals surface area contributed by atoms with Crippen molar-refractivity contribution in [3.63, 3.8) is 0 Å². The Hall–Kier alpha value is -6.52. The van der Waals surface area contributed by atoms with Gasteiger partial charge in [-0.1, -0.05) is 13.8 Å². The fourth-order valence-corrected chi connectivity index (χ4v) is 8.06. The van der Waals surface area contributed by atoms with Gasteiger partial charge in [-0.2, -0.15) is 0 Å². The number of aliphatic hydroxyl groups excluding tert-OH is 3. The van der Waals surface area contributed by atoms with E-state index >= 15 is 0 Å². The minimum absolute atomic E-state index is 0.153. The van der Waals surface area contributed by atoms with Gasteiger partial charge in [-0.3, -0.25) is 57.5 Å². The van der Waals surface area contributed by atoms with E-state index in [9.17, 15) is 78.0 Å². The number of amides is 11. The molecule has 69 heavy (non-hydrogen) atoms. The lowest BCUT2D eigenvalue weighted by Gasteiger charge is -2.34. The summed E-state index contributed by atoms with van der Waals surface area (Å²) in [7, 11) is 0. The number of rotatable bonds is 14. The summed E-state index contributed by atoms with van der Waals surface area (Å²) in [5, 5.41) is 58.7. The zero-order valence-electron chi connectivity index (χ0n) is 38.6. The molecule has 3 heterocycles. The summed E-state index contributed by atoms with van der Waals surface area (Å²) in [5.41, 5.74) is 16.4. The van der Waals surface area contributed by atoms with Crippen molar-refractivity contribution in [2.24, 2.45) is 23.1 Å². The van der Waals surface area contributed by atoms with E-state index < -0.39 is 182 Å². The maximum Gasteiger partial charge on any atom is 0.303 e. The van der Waals surface area contributed by atoms with Gasteiger partial charge in [-0.25, -0.2) is 0 Å². The molecular formula is C41H66N12O16. The van der Waals surface area contributed by atoms with Crippen molar-refractivity contribution in [3.8, 4) is 0 Å². The first-order chi connectivity index (χ1) is 32.4. The molecule has 0 aromatic rings. The second kappa shape index (κ2) is 26.3. The SMILES string of the molecule is CC(C)[C@@H]1NC(=O)[C@@H]2CCC(O)N2C(=O)[C@H]([C@@H](C)O)NC(=O)[C@H](CCCCN)NC(=O)[C@H](CCC(=O)O)NC(=O)[C@H](CCC(N)=O)NC(=O)CNC(=O)[C@@H]2CCC(O)N2C(=O)[C@H](CC(N)=O)NC1=O. The van der Waals surface area contributed by atoms with Crippen LogP contribution in [0.15, 0.2) is 0 Å². The molecule has 2 unspecified atom stereocenters. The van der Waals surface area contributed by atoms with Crippen molar-refractivity contribution < 1.29 is 78.0 Å². The molecule has 386 valence electrons. The molecular weight excluding hydrogens is 917 g/mol. The lowest BCUT2D eigenvalue weighted by Crippen LogP contribution is -2.63. The Balaban J connectivity index is 2.15. The van der Waals surface area contributed by atoms with Crippen LogP contribution in [0.3, 0.4) is 0 Å². The monoisotopic (exact) mass is 982 g/mol. The van der Waals surface area contributed by atoms with Crippen LogP contribution in [0.1, 0.15) is 97.8 Å². The van der Waals surface area contributed by atoms with Crippen LogP contribution in [0, 0.1) is 5.92 Å². The molecule has 0 aromatic heterocycles. The molecule has 28 nitrogen and oxygen atoms in total. The highest BCUT2D eigenvalue weighted by atomic mass is 16.4. The molecule has 0 bridgehead atoms. The smallest absolute Gasteiger partial charge is 0.303 e. The highest BCUT2D eigenvalue weighted by Crippen LogP contribution is 2.26. The second-order valence-corrected chi connectivity index (χ2v) is 17.5. The molecule has 3 aliphatic heterocycles. The van der Waals surface area contributed by atoms with E-state index in [1.165, 1.54) is 13.8 Å².